The van der Waals surface area contributed by atoms with E-state index in [0.717, 1.165) is 24.3 Å². The number of hydrogen-bond acceptors (Lipinski definition) is 3. The molecule has 0 saturated heterocycles. The van der Waals surface area contributed by atoms with Gasteiger partial charge in [0.25, 0.3) is 0 Å². The maximum Gasteiger partial charge on any atom is 0.161 e. The summed E-state index contributed by atoms with van der Waals surface area (Å²) in [5.74, 6) is 1.64. The predicted octanol–water partition coefficient (Wildman–Crippen LogP) is 3.23. The molecule has 0 spiro atoms. The third-order valence-corrected chi connectivity index (χ3v) is 2.96. The molecule has 0 aliphatic heterocycles. The van der Waals surface area contributed by atoms with Gasteiger partial charge in [-0.1, -0.05) is 26.0 Å². The van der Waals surface area contributed by atoms with Crippen LogP contribution in [0.2, 0.25) is 0 Å². The van der Waals surface area contributed by atoms with Crippen LogP contribution in [-0.4, -0.2) is 19.8 Å². The Labute approximate surface area is 110 Å². The molecule has 0 amide bonds. The Morgan fingerprint density at radius 2 is 1.72 bits per heavy atom. The summed E-state index contributed by atoms with van der Waals surface area (Å²) in [6, 6.07) is 7.79. The minimum absolute atomic E-state index is 0.197. The molecule has 2 N–H and O–H groups in total. The van der Waals surface area contributed by atoms with Gasteiger partial charge in [-0.15, -0.1) is 0 Å². The average Bonchev–Trinajstić information content (AvgIpc) is 2.37. The molecule has 0 fully saturated rings. The van der Waals surface area contributed by atoms with Crippen molar-refractivity contribution in [2.45, 2.75) is 33.6 Å². The summed E-state index contributed by atoms with van der Waals surface area (Å²) >= 11 is 0. The predicted molar refractivity (Wildman–Crippen MR) is 75.2 cm³/mol. The number of nitrogens with two attached hydrogens (primary N) is 1. The van der Waals surface area contributed by atoms with Gasteiger partial charge < -0.3 is 15.2 Å². The number of benzene rings is 1. The molecular formula is C15H25NO2. The van der Waals surface area contributed by atoms with Crippen LogP contribution in [0.3, 0.4) is 0 Å². The van der Waals surface area contributed by atoms with Crippen LogP contribution in [0.25, 0.3) is 0 Å². The summed E-state index contributed by atoms with van der Waals surface area (Å²) in [4.78, 5) is 0. The number of para-hydroxylation sites is 2. The molecule has 0 aliphatic rings. The van der Waals surface area contributed by atoms with Gasteiger partial charge in [0.05, 0.1) is 13.2 Å². The Balaban J connectivity index is 2.39. The first-order valence-electron chi connectivity index (χ1n) is 6.64. The van der Waals surface area contributed by atoms with Crippen molar-refractivity contribution in [2.75, 3.05) is 19.8 Å². The van der Waals surface area contributed by atoms with Gasteiger partial charge in [-0.3, -0.25) is 0 Å². The summed E-state index contributed by atoms with van der Waals surface area (Å²) in [5, 5.41) is 0. The van der Waals surface area contributed by atoms with E-state index in [9.17, 15) is 0 Å². The van der Waals surface area contributed by atoms with Crippen molar-refractivity contribution in [3.63, 3.8) is 0 Å². The Morgan fingerprint density at radius 1 is 1.11 bits per heavy atom. The summed E-state index contributed by atoms with van der Waals surface area (Å²) in [7, 11) is 0. The van der Waals surface area contributed by atoms with Gasteiger partial charge in [0.2, 0.25) is 0 Å². The lowest BCUT2D eigenvalue weighted by Crippen LogP contribution is -2.24. The second kappa shape index (κ2) is 7.27. The summed E-state index contributed by atoms with van der Waals surface area (Å²) in [6.07, 6.45) is 2.07. The topological polar surface area (TPSA) is 44.5 Å². The van der Waals surface area contributed by atoms with Crippen molar-refractivity contribution in [1.82, 2.24) is 0 Å². The molecule has 0 heterocycles. The largest absolute Gasteiger partial charge is 0.490 e. The summed E-state index contributed by atoms with van der Waals surface area (Å²) in [6.45, 7) is 8.40. The smallest absolute Gasteiger partial charge is 0.161 e. The highest BCUT2D eigenvalue weighted by atomic mass is 16.5. The number of rotatable bonds is 8. The zero-order valence-electron chi connectivity index (χ0n) is 11.7. The zero-order valence-corrected chi connectivity index (χ0v) is 11.7. The van der Waals surface area contributed by atoms with Crippen molar-refractivity contribution in [3.8, 4) is 11.5 Å². The first-order chi connectivity index (χ1) is 8.59. The minimum atomic E-state index is 0.197. The van der Waals surface area contributed by atoms with E-state index in [4.69, 9.17) is 15.2 Å². The molecule has 1 rings (SSSR count). The van der Waals surface area contributed by atoms with Crippen molar-refractivity contribution in [2.24, 2.45) is 11.1 Å². The Bertz CT molecular complexity index is 350. The van der Waals surface area contributed by atoms with Crippen LogP contribution in [0, 0.1) is 5.41 Å². The summed E-state index contributed by atoms with van der Waals surface area (Å²) < 4.78 is 11.3. The fourth-order valence-corrected chi connectivity index (χ4v) is 1.68. The molecule has 1 aromatic carbocycles. The zero-order chi connectivity index (χ0) is 13.4. The van der Waals surface area contributed by atoms with E-state index in [2.05, 4.69) is 13.8 Å². The van der Waals surface area contributed by atoms with E-state index in [1.807, 2.05) is 31.2 Å². The maximum absolute atomic E-state index is 5.76. The molecule has 0 atom stereocenters. The van der Waals surface area contributed by atoms with Crippen molar-refractivity contribution in [1.29, 1.82) is 0 Å². The molecule has 102 valence electrons. The van der Waals surface area contributed by atoms with E-state index in [-0.39, 0.29) is 5.41 Å². The van der Waals surface area contributed by atoms with Gasteiger partial charge in [-0.2, -0.15) is 0 Å². The van der Waals surface area contributed by atoms with Crippen LogP contribution in [0.4, 0.5) is 0 Å². The molecule has 3 heteroatoms. The lowest BCUT2D eigenvalue weighted by atomic mass is 9.88. The molecule has 0 aliphatic carbocycles. The maximum atomic E-state index is 5.76. The lowest BCUT2D eigenvalue weighted by molar-refractivity contribution is 0.246. The molecule has 0 saturated carbocycles. The normalized spacial score (nSPS) is 11.3. The van der Waals surface area contributed by atoms with E-state index in [1.54, 1.807) is 0 Å². The third-order valence-electron chi connectivity index (χ3n) is 2.96. The standard InChI is InChI=1S/C15H25NO2/c1-4-17-13-8-5-6-9-14(13)18-11-7-10-15(2,3)12-16/h5-6,8-9H,4,7,10-12,16H2,1-3H3. The van der Waals surface area contributed by atoms with Crippen LogP contribution in [0.5, 0.6) is 11.5 Å². The van der Waals surface area contributed by atoms with Crippen LogP contribution in [0.15, 0.2) is 24.3 Å². The highest BCUT2D eigenvalue weighted by Crippen LogP contribution is 2.27. The van der Waals surface area contributed by atoms with Gasteiger partial charge in [0, 0.05) is 0 Å². The average molecular weight is 251 g/mol. The second-order valence-electron chi connectivity index (χ2n) is 5.20. The number of hydrogen-bond donors (Lipinski definition) is 1. The molecule has 18 heavy (non-hydrogen) atoms. The van der Waals surface area contributed by atoms with Crippen LogP contribution >= 0.6 is 0 Å². The molecule has 0 unspecified atom stereocenters. The Hall–Kier alpha value is -1.22. The number of ether oxygens (including phenoxy) is 2. The van der Waals surface area contributed by atoms with E-state index < -0.39 is 0 Å². The van der Waals surface area contributed by atoms with Crippen molar-refractivity contribution in [3.05, 3.63) is 24.3 Å². The SMILES string of the molecule is CCOc1ccccc1OCCCC(C)(C)CN. The Morgan fingerprint density at radius 3 is 2.28 bits per heavy atom. The molecule has 0 radical (unpaired) electrons. The minimum Gasteiger partial charge on any atom is -0.490 e. The van der Waals surface area contributed by atoms with Gasteiger partial charge >= 0.3 is 0 Å². The van der Waals surface area contributed by atoms with Gasteiger partial charge in [-0.05, 0) is 43.9 Å². The molecule has 3 nitrogen and oxygen atoms in total. The third kappa shape index (κ3) is 4.96. The van der Waals surface area contributed by atoms with Crippen molar-refractivity contribution >= 4 is 0 Å². The molecular weight excluding hydrogens is 226 g/mol. The highest BCUT2D eigenvalue weighted by Gasteiger charge is 2.14. The fourth-order valence-electron chi connectivity index (χ4n) is 1.68. The van der Waals surface area contributed by atoms with E-state index in [1.165, 1.54) is 0 Å². The van der Waals surface area contributed by atoms with Gasteiger partial charge in [0.1, 0.15) is 0 Å². The fraction of sp³-hybridized carbons (Fsp3) is 0.600. The second-order valence-corrected chi connectivity index (χ2v) is 5.20. The van der Waals surface area contributed by atoms with Crippen LogP contribution in [-0.2, 0) is 0 Å². The first kappa shape index (κ1) is 14.8. The molecule has 1 aromatic rings. The lowest BCUT2D eigenvalue weighted by Gasteiger charge is -2.22. The van der Waals surface area contributed by atoms with E-state index in [0.29, 0.717) is 19.8 Å². The summed E-state index contributed by atoms with van der Waals surface area (Å²) in [5.41, 5.74) is 5.90. The molecule has 0 aromatic heterocycles. The Kier molecular flexibility index (Phi) is 5.99. The van der Waals surface area contributed by atoms with E-state index >= 15 is 0 Å². The monoisotopic (exact) mass is 251 g/mol. The van der Waals surface area contributed by atoms with Crippen LogP contribution in [0.1, 0.15) is 33.6 Å². The van der Waals surface area contributed by atoms with Crippen LogP contribution < -0.4 is 15.2 Å². The van der Waals surface area contributed by atoms with Gasteiger partial charge in [0.15, 0.2) is 11.5 Å². The van der Waals surface area contributed by atoms with Gasteiger partial charge in [-0.25, -0.2) is 0 Å². The quantitative estimate of drug-likeness (QED) is 0.721. The molecule has 0 bridgehead atoms. The van der Waals surface area contributed by atoms with Crippen molar-refractivity contribution < 1.29 is 9.47 Å². The highest BCUT2D eigenvalue weighted by molar-refractivity contribution is 5.39. The first-order valence-corrected chi connectivity index (χ1v) is 6.64.